The van der Waals surface area contributed by atoms with Crippen molar-refractivity contribution >= 4 is 6.03 Å². The second-order valence-electron chi connectivity index (χ2n) is 5.73. The molecule has 0 saturated carbocycles. The van der Waals surface area contributed by atoms with E-state index in [1.807, 2.05) is 26.0 Å². The largest absolute Gasteiger partial charge is 0.464 e. The molecule has 0 radical (unpaired) electrons. The Kier molecular flexibility index (Phi) is 6.23. The maximum absolute atomic E-state index is 12.3. The first-order valence-electron chi connectivity index (χ1n) is 7.10. The van der Waals surface area contributed by atoms with E-state index in [0.29, 0.717) is 18.9 Å². The highest BCUT2D eigenvalue weighted by atomic mass is 16.5. The predicted molar refractivity (Wildman–Crippen MR) is 80.1 cm³/mol. The highest BCUT2D eigenvalue weighted by Gasteiger charge is 2.24. The van der Waals surface area contributed by atoms with Gasteiger partial charge in [-0.05, 0) is 39.8 Å². The van der Waals surface area contributed by atoms with Crippen LogP contribution in [-0.2, 0) is 4.74 Å². The molecule has 0 aliphatic carbocycles. The Bertz CT molecular complexity index is 451. The summed E-state index contributed by atoms with van der Waals surface area (Å²) in [7, 11) is 1.57. The van der Waals surface area contributed by atoms with E-state index < -0.39 is 5.60 Å². The van der Waals surface area contributed by atoms with Crippen LogP contribution >= 0.6 is 0 Å². The number of furan rings is 1. The van der Waals surface area contributed by atoms with Crippen LogP contribution in [0, 0.1) is 6.92 Å². The highest BCUT2D eigenvalue weighted by molar-refractivity contribution is 5.74. The lowest BCUT2D eigenvalue weighted by Crippen LogP contribution is -2.48. The van der Waals surface area contributed by atoms with Gasteiger partial charge in [0.15, 0.2) is 0 Å². The Hall–Kier alpha value is -1.53. The summed E-state index contributed by atoms with van der Waals surface area (Å²) >= 11 is 0. The molecule has 1 heterocycles. The van der Waals surface area contributed by atoms with Crippen LogP contribution in [0.4, 0.5) is 4.79 Å². The minimum Gasteiger partial charge on any atom is -0.464 e. The molecule has 0 aliphatic rings. The third-order valence-electron chi connectivity index (χ3n) is 2.98. The molecule has 1 aromatic heterocycles. The molecule has 1 unspecified atom stereocenters. The molecule has 0 bridgehead atoms. The number of urea groups is 1. The molecule has 0 spiro atoms. The minimum atomic E-state index is -0.939. The molecule has 2 amide bonds. The zero-order valence-electron chi connectivity index (χ0n) is 13.5. The molecule has 1 atom stereocenters. The molecule has 1 rings (SSSR count). The number of carbonyl (C=O) groups excluding carboxylic acids is 1. The van der Waals surface area contributed by atoms with E-state index in [-0.39, 0.29) is 18.6 Å². The standard InChI is InChI=1S/C15H26N2O4/c1-6-17(10-15(3,4)19)14(18)16-12(9-20-5)13-8-7-11(2)21-13/h7-8,12,19H,6,9-10H2,1-5H3,(H,16,18). The van der Waals surface area contributed by atoms with Gasteiger partial charge in [0.1, 0.15) is 17.6 Å². The Labute approximate surface area is 126 Å². The summed E-state index contributed by atoms with van der Waals surface area (Å²) in [6, 6.07) is 3.06. The first-order chi connectivity index (χ1) is 9.76. The molecule has 1 aromatic rings. The fourth-order valence-electron chi connectivity index (χ4n) is 2.04. The van der Waals surface area contributed by atoms with Gasteiger partial charge < -0.3 is 24.5 Å². The van der Waals surface area contributed by atoms with E-state index in [9.17, 15) is 9.90 Å². The number of likely N-dealkylation sites (N-methyl/N-ethyl adjacent to an activating group) is 1. The van der Waals surface area contributed by atoms with E-state index in [1.54, 1.807) is 25.9 Å². The second-order valence-corrected chi connectivity index (χ2v) is 5.73. The predicted octanol–water partition coefficient (Wildman–Crippen LogP) is 2.08. The second kappa shape index (κ2) is 7.47. The molecule has 2 N–H and O–H groups in total. The smallest absolute Gasteiger partial charge is 0.318 e. The summed E-state index contributed by atoms with van der Waals surface area (Å²) in [5, 5.41) is 12.7. The van der Waals surface area contributed by atoms with Gasteiger partial charge >= 0.3 is 6.03 Å². The lowest BCUT2D eigenvalue weighted by molar-refractivity contribution is 0.0466. The highest BCUT2D eigenvalue weighted by Crippen LogP contribution is 2.17. The molecule has 21 heavy (non-hydrogen) atoms. The van der Waals surface area contributed by atoms with Crippen LogP contribution in [0.1, 0.15) is 38.3 Å². The monoisotopic (exact) mass is 298 g/mol. The SMILES string of the molecule is CCN(CC(C)(C)O)C(=O)NC(COC)c1ccc(C)o1. The number of nitrogens with zero attached hydrogens (tertiary/aromatic N) is 1. The number of amides is 2. The number of aliphatic hydroxyl groups is 1. The Morgan fingerprint density at radius 3 is 2.62 bits per heavy atom. The van der Waals surface area contributed by atoms with Crippen molar-refractivity contribution in [1.29, 1.82) is 0 Å². The maximum Gasteiger partial charge on any atom is 0.318 e. The van der Waals surface area contributed by atoms with Gasteiger partial charge in [0.2, 0.25) is 0 Å². The summed E-state index contributed by atoms with van der Waals surface area (Å²) < 4.78 is 10.7. The number of ether oxygens (including phenoxy) is 1. The average molecular weight is 298 g/mol. The van der Waals surface area contributed by atoms with Crippen molar-refractivity contribution in [1.82, 2.24) is 10.2 Å². The van der Waals surface area contributed by atoms with Gasteiger partial charge in [0.05, 0.1) is 18.8 Å². The van der Waals surface area contributed by atoms with Gasteiger partial charge in [-0.15, -0.1) is 0 Å². The molecule has 0 aromatic carbocycles. The molecular formula is C15H26N2O4. The van der Waals surface area contributed by atoms with E-state index >= 15 is 0 Å². The minimum absolute atomic E-state index is 0.254. The molecule has 6 nitrogen and oxygen atoms in total. The quantitative estimate of drug-likeness (QED) is 0.808. The van der Waals surface area contributed by atoms with Crippen LogP contribution in [0.15, 0.2) is 16.5 Å². The van der Waals surface area contributed by atoms with Gasteiger partial charge in [0, 0.05) is 13.7 Å². The Morgan fingerprint density at radius 1 is 1.52 bits per heavy atom. The number of aryl methyl sites for hydroxylation is 1. The van der Waals surface area contributed by atoms with E-state index in [0.717, 1.165) is 5.76 Å². The molecule has 120 valence electrons. The Balaban J connectivity index is 2.75. The van der Waals surface area contributed by atoms with E-state index in [1.165, 1.54) is 0 Å². The van der Waals surface area contributed by atoms with Crippen LogP contribution in [0.3, 0.4) is 0 Å². The topological polar surface area (TPSA) is 74.9 Å². The van der Waals surface area contributed by atoms with Crippen molar-refractivity contribution in [2.75, 3.05) is 26.8 Å². The molecule has 0 aliphatic heterocycles. The van der Waals surface area contributed by atoms with Crippen molar-refractivity contribution in [2.24, 2.45) is 0 Å². The van der Waals surface area contributed by atoms with Crippen LogP contribution < -0.4 is 5.32 Å². The zero-order chi connectivity index (χ0) is 16.0. The van der Waals surface area contributed by atoms with Crippen molar-refractivity contribution < 1.29 is 19.1 Å². The van der Waals surface area contributed by atoms with Crippen molar-refractivity contribution in [2.45, 2.75) is 39.3 Å². The van der Waals surface area contributed by atoms with Gasteiger partial charge in [-0.25, -0.2) is 4.79 Å². The number of rotatable bonds is 7. The number of carbonyl (C=O) groups is 1. The lowest BCUT2D eigenvalue weighted by Gasteiger charge is -2.29. The van der Waals surface area contributed by atoms with E-state index in [4.69, 9.17) is 9.15 Å². The molecule has 0 saturated heterocycles. The first-order valence-corrected chi connectivity index (χ1v) is 7.10. The normalized spacial score (nSPS) is 13.0. The van der Waals surface area contributed by atoms with Crippen LogP contribution in [0.25, 0.3) is 0 Å². The van der Waals surface area contributed by atoms with Gasteiger partial charge in [-0.3, -0.25) is 0 Å². The summed E-state index contributed by atoms with van der Waals surface area (Å²) in [4.78, 5) is 13.9. The molecule has 6 heteroatoms. The fraction of sp³-hybridized carbons (Fsp3) is 0.667. The van der Waals surface area contributed by atoms with Crippen molar-refractivity contribution in [3.05, 3.63) is 23.7 Å². The number of methoxy groups -OCH3 is 1. The lowest BCUT2D eigenvalue weighted by atomic mass is 10.1. The summed E-state index contributed by atoms with van der Waals surface area (Å²) in [5.74, 6) is 1.44. The average Bonchev–Trinajstić information content (AvgIpc) is 2.80. The first kappa shape index (κ1) is 17.5. The molecular weight excluding hydrogens is 272 g/mol. The zero-order valence-corrected chi connectivity index (χ0v) is 13.5. The summed E-state index contributed by atoms with van der Waals surface area (Å²) in [6.45, 7) is 8.14. The van der Waals surface area contributed by atoms with E-state index in [2.05, 4.69) is 5.32 Å². The summed E-state index contributed by atoms with van der Waals surface area (Å²) in [6.07, 6.45) is 0. The Morgan fingerprint density at radius 2 is 2.19 bits per heavy atom. The van der Waals surface area contributed by atoms with Gasteiger partial charge in [-0.1, -0.05) is 0 Å². The summed E-state index contributed by atoms with van der Waals surface area (Å²) in [5.41, 5.74) is -0.939. The van der Waals surface area contributed by atoms with Crippen LogP contribution in [-0.4, -0.2) is 48.4 Å². The van der Waals surface area contributed by atoms with Crippen molar-refractivity contribution in [3.8, 4) is 0 Å². The van der Waals surface area contributed by atoms with Crippen LogP contribution in [0.5, 0.6) is 0 Å². The number of hydrogen-bond donors (Lipinski definition) is 2. The maximum atomic E-state index is 12.3. The number of nitrogens with one attached hydrogen (secondary N) is 1. The third kappa shape index (κ3) is 5.77. The number of hydrogen-bond acceptors (Lipinski definition) is 4. The van der Waals surface area contributed by atoms with Gasteiger partial charge in [0.25, 0.3) is 0 Å². The van der Waals surface area contributed by atoms with Crippen molar-refractivity contribution in [3.63, 3.8) is 0 Å². The third-order valence-corrected chi connectivity index (χ3v) is 2.98. The fourth-order valence-corrected chi connectivity index (χ4v) is 2.04. The van der Waals surface area contributed by atoms with Crippen LogP contribution in [0.2, 0.25) is 0 Å². The molecule has 0 fully saturated rings. The van der Waals surface area contributed by atoms with Gasteiger partial charge in [-0.2, -0.15) is 0 Å².